The first-order valence-electron chi connectivity index (χ1n) is 9.50. The number of carbonyl (C=O) groups excluding carboxylic acids is 1. The minimum atomic E-state index is 0. The molecule has 0 saturated heterocycles. The Morgan fingerprint density at radius 3 is 2.07 bits per heavy atom. The normalized spacial score (nSPS) is 11.4. The van der Waals surface area contributed by atoms with Gasteiger partial charge in [0, 0.05) is 16.9 Å². The number of ether oxygens (including phenoxy) is 2. The number of hydrogen-bond donors (Lipinski definition) is 0. The Bertz CT molecular complexity index is 808. The van der Waals surface area contributed by atoms with Gasteiger partial charge in [-0.1, -0.05) is 32.9 Å². The van der Waals surface area contributed by atoms with Crippen molar-refractivity contribution in [1.29, 1.82) is 0 Å². The SMILES string of the molecule is CCOc1ccc(PC(=O)c2c(C)cc(C(C)(C)C)cc2C)c(OCC)c1.[H-].[Li+]. The average Bonchev–Trinajstić information content (AvgIpc) is 2.56. The molecule has 1 unspecified atom stereocenters. The zero-order chi connectivity index (χ0) is 20.2. The summed E-state index contributed by atoms with van der Waals surface area (Å²) in [4.78, 5) is 13.1. The van der Waals surface area contributed by atoms with E-state index in [0.717, 1.165) is 33.5 Å². The van der Waals surface area contributed by atoms with Crippen LogP contribution in [-0.2, 0) is 5.41 Å². The fourth-order valence-electron chi connectivity index (χ4n) is 3.08. The van der Waals surface area contributed by atoms with E-state index in [1.807, 2.05) is 45.9 Å². The summed E-state index contributed by atoms with van der Waals surface area (Å²) in [6.45, 7) is 15.7. The van der Waals surface area contributed by atoms with Gasteiger partial charge in [0.05, 0.1) is 13.2 Å². The van der Waals surface area contributed by atoms with Crippen LogP contribution in [0.5, 0.6) is 11.5 Å². The molecule has 2 aromatic carbocycles. The number of rotatable bonds is 7. The largest absolute Gasteiger partial charge is 1.00 e. The molecular formula is C23H32LiO3P. The fourth-order valence-corrected chi connectivity index (χ4v) is 4.27. The second-order valence-corrected chi connectivity index (χ2v) is 8.96. The van der Waals surface area contributed by atoms with E-state index < -0.39 is 0 Å². The fraction of sp³-hybridized carbons (Fsp3) is 0.435. The van der Waals surface area contributed by atoms with E-state index in [1.54, 1.807) is 0 Å². The quantitative estimate of drug-likeness (QED) is 0.535. The number of hydrogen-bond acceptors (Lipinski definition) is 3. The summed E-state index contributed by atoms with van der Waals surface area (Å²) >= 11 is 0. The third-order valence-electron chi connectivity index (χ3n) is 4.44. The van der Waals surface area contributed by atoms with Crippen LogP contribution in [0.2, 0.25) is 0 Å². The van der Waals surface area contributed by atoms with E-state index in [1.165, 1.54) is 5.56 Å². The number of benzene rings is 2. The maximum atomic E-state index is 13.1. The first kappa shape index (κ1) is 24.8. The van der Waals surface area contributed by atoms with Gasteiger partial charge in [0.2, 0.25) is 0 Å². The van der Waals surface area contributed by atoms with Gasteiger partial charge >= 0.3 is 18.9 Å². The van der Waals surface area contributed by atoms with Crippen LogP contribution in [0.4, 0.5) is 0 Å². The van der Waals surface area contributed by atoms with E-state index in [4.69, 9.17) is 9.47 Å². The van der Waals surface area contributed by atoms with Crippen LogP contribution in [0.1, 0.15) is 63.1 Å². The molecular weight excluding hydrogens is 362 g/mol. The van der Waals surface area contributed by atoms with Gasteiger partial charge in [0.1, 0.15) is 11.5 Å². The van der Waals surface area contributed by atoms with Crippen LogP contribution in [0.3, 0.4) is 0 Å². The van der Waals surface area contributed by atoms with Crippen LogP contribution < -0.4 is 33.6 Å². The van der Waals surface area contributed by atoms with Crippen molar-refractivity contribution in [2.45, 2.75) is 53.9 Å². The molecule has 0 saturated carbocycles. The average molecular weight is 394 g/mol. The van der Waals surface area contributed by atoms with Gasteiger partial charge in [0.15, 0.2) is 5.52 Å². The standard InChI is InChI=1S/C23H31O3P.Li.H/c1-8-25-18-10-11-20(19(14-18)26-9-2)27-22(24)21-15(3)12-17(13-16(21)4)23(5,6)7;;/h10-14,27H,8-9H2,1-7H3;;/q;+1;-1. The zero-order valence-electron chi connectivity index (χ0n) is 19.5. The van der Waals surface area contributed by atoms with Gasteiger partial charge in [-0.3, -0.25) is 4.79 Å². The molecule has 2 rings (SSSR count). The Kier molecular flexibility index (Phi) is 9.29. The van der Waals surface area contributed by atoms with E-state index in [2.05, 4.69) is 32.9 Å². The number of aryl methyl sites for hydroxylation is 2. The molecule has 0 heterocycles. The minimum absolute atomic E-state index is 0. The predicted molar refractivity (Wildman–Crippen MR) is 117 cm³/mol. The van der Waals surface area contributed by atoms with Crippen LogP contribution in [0.25, 0.3) is 0 Å². The first-order chi connectivity index (χ1) is 12.7. The van der Waals surface area contributed by atoms with Gasteiger partial charge in [-0.2, -0.15) is 0 Å². The summed E-state index contributed by atoms with van der Waals surface area (Å²) in [5.41, 5.74) is 4.39. The molecule has 0 radical (unpaired) electrons. The number of carbonyl (C=O) groups is 1. The van der Waals surface area contributed by atoms with Gasteiger partial charge in [0.25, 0.3) is 0 Å². The Morgan fingerprint density at radius 2 is 1.57 bits per heavy atom. The third kappa shape index (κ3) is 6.12. The zero-order valence-corrected chi connectivity index (χ0v) is 19.5. The van der Waals surface area contributed by atoms with E-state index >= 15 is 0 Å². The van der Waals surface area contributed by atoms with E-state index in [-0.39, 0.29) is 39.8 Å². The van der Waals surface area contributed by atoms with Gasteiger partial charge in [-0.25, -0.2) is 0 Å². The molecule has 0 aromatic heterocycles. The van der Waals surface area contributed by atoms with Gasteiger partial charge in [-0.15, -0.1) is 0 Å². The van der Waals surface area contributed by atoms with Crippen LogP contribution in [0.15, 0.2) is 30.3 Å². The molecule has 0 fully saturated rings. The maximum Gasteiger partial charge on any atom is 1.00 e. The predicted octanol–water partition coefficient (Wildman–Crippen LogP) is 2.66. The second-order valence-electron chi connectivity index (χ2n) is 7.71. The molecule has 0 N–H and O–H groups in total. The molecule has 0 bridgehead atoms. The maximum absolute atomic E-state index is 13.1. The Labute approximate surface area is 185 Å². The van der Waals surface area contributed by atoms with Crippen molar-refractivity contribution >= 4 is 19.4 Å². The van der Waals surface area contributed by atoms with Gasteiger partial charge in [-0.05, 0) is 70.5 Å². The molecule has 0 aliphatic heterocycles. The van der Waals surface area contributed by atoms with Crippen molar-refractivity contribution in [3.63, 3.8) is 0 Å². The molecule has 2 aromatic rings. The van der Waals surface area contributed by atoms with Crippen LogP contribution in [0, 0.1) is 13.8 Å². The first-order valence-corrected chi connectivity index (χ1v) is 10.5. The molecule has 0 amide bonds. The topological polar surface area (TPSA) is 35.5 Å². The molecule has 0 spiro atoms. The van der Waals surface area contributed by atoms with Crippen molar-refractivity contribution in [3.05, 3.63) is 52.6 Å². The van der Waals surface area contributed by atoms with Crippen molar-refractivity contribution in [2.24, 2.45) is 0 Å². The van der Waals surface area contributed by atoms with Gasteiger partial charge < -0.3 is 10.9 Å². The molecule has 0 aliphatic rings. The molecule has 0 aliphatic carbocycles. The minimum Gasteiger partial charge on any atom is -1.00 e. The summed E-state index contributed by atoms with van der Waals surface area (Å²) in [6, 6.07) is 10.0. The van der Waals surface area contributed by atoms with E-state index in [0.29, 0.717) is 13.2 Å². The third-order valence-corrected chi connectivity index (χ3v) is 5.60. The summed E-state index contributed by atoms with van der Waals surface area (Å²) < 4.78 is 11.3. The summed E-state index contributed by atoms with van der Waals surface area (Å²) in [7, 11) is 0.0196. The Hall–Kier alpha value is -1.26. The molecule has 3 nitrogen and oxygen atoms in total. The van der Waals surface area contributed by atoms with Crippen molar-refractivity contribution in [1.82, 2.24) is 0 Å². The monoisotopic (exact) mass is 394 g/mol. The second kappa shape index (κ2) is 10.5. The molecule has 28 heavy (non-hydrogen) atoms. The molecule has 148 valence electrons. The van der Waals surface area contributed by atoms with Crippen LogP contribution >= 0.6 is 8.58 Å². The van der Waals surface area contributed by atoms with Crippen molar-refractivity contribution in [3.8, 4) is 11.5 Å². The van der Waals surface area contributed by atoms with E-state index in [9.17, 15) is 4.79 Å². The summed E-state index contributed by atoms with van der Waals surface area (Å²) in [5, 5.41) is 0.920. The Morgan fingerprint density at radius 1 is 1.00 bits per heavy atom. The van der Waals surface area contributed by atoms with Crippen LogP contribution in [-0.4, -0.2) is 18.7 Å². The van der Waals surface area contributed by atoms with Crippen molar-refractivity contribution < 1.29 is 34.6 Å². The Balaban J connectivity index is 0.00000392. The summed E-state index contributed by atoms with van der Waals surface area (Å²) in [5.74, 6) is 1.50. The molecule has 5 heteroatoms. The molecule has 1 atom stereocenters. The smallest absolute Gasteiger partial charge is 1.00 e. The van der Waals surface area contributed by atoms with Crippen molar-refractivity contribution in [2.75, 3.05) is 13.2 Å². The summed E-state index contributed by atoms with van der Waals surface area (Å²) in [6.07, 6.45) is 0.